The third-order valence-corrected chi connectivity index (χ3v) is 10.0. The van der Waals surface area contributed by atoms with Gasteiger partial charge in [0.25, 0.3) is 0 Å². The highest BCUT2D eigenvalue weighted by atomic mass is 16.3. The lowest BCUT2D eigenvalue weighted by Crippen LogP contribution is -2.40. The van der Waals surface area contributed by atoms with E-state index in [2.05, 4.69) is 27.7 Å². The van der Waals surface area contributed by atoms with Crippen molar-refractivity contribution in [3.05, 3.63) is 11.1 Å². The Kier molecular flexibility index (Phi) is 9.09. The van der Waals surface area contributed by atoms with Gasteiger partial charge in [0, 0.05) is 13.0 Å². The lowest BCUT2D eigenvalue weighted by Gasteiger charge is -2.48. The fourth-order valence-corrected chi connectivity index (χ4v) is 8.08. The summed E-state index contributed by atoms with van der Waals surface area (Å²) < 4.78 is 0. The first kappa shape index (κ1) is 25.2. The largest absolute Gasteiger partial charge is 0.396 e. The van der Waals surface area contributed by atoms with Crippen LogP contribution in [-0.4, -0.2) is 34.1 Å². The lowest BCUT2D eigenvalue weighted by atomic mass is 9.57. The number of aliphatic hydroxyl groups is 3. The third kappa shape index (κ3) is 5.58. The molecule has 2 saturated carbocycles. The topological polar surface area (TPSA) is 60.7 Å². The first-order chi connectivity index (χ1) is 14.8. The van der Waals surface area contributed by atoms with Gasteiger partial charge in [-0.05, 0) is 92.4 Å². The molecule has 1 unspecified atom stereocenters. The molecule has 0 aromatic heterocycles. The van der Waals surface area contributed by atoms with Crippen molar-refractivity contribution in [2.24, 2.45) is 35.0 Å². The van der Waals surface area contributed by atoms with Gasteiger partial charge in [-0.3, -0.25) is 0 Å². The minimum atomic E-state index is -0.446. The van der Waals surface area contributed by atoms with Gasteiger partial charge in [-0.15, -0.1) is 0 Å². The SMILES string of the molecule is CCCC[C@@H](CCO)[C@H](C)[C@H]1CC[C@H]2C(CCC3=C(C)[C@@H](O)C[C@H](O)C3)CCC[C@]12C. The Labute approximate surface area is 191 Å². The van der Waals surface area contributed by atoms with Gasteiger partial charge in [-0.25, -0.2) is 0 Å². The molecular weight excluding hydrogens is 384 g/mol. The van der Waals surface area contributed by atoms with Crippen molar-refractivity contribution in [1.29, 1.82) is 0 Å². The third-order valence-electron chi connectivity index (χ3n) is 10.0. The second kappa shape index (κ2) is 11.2. The van der Waals surface area contributed by atoms with E-state index in [9.17, 15) is 15.3 Å². The Balaban J connectivity index is 1.67. The molecule has 8 atom stereocenters. The van der Waals surface area contributed by atoms with E-state index in [0.29, 0.717) is 30.3 Å². The smallest absolute Gasteiger partial charge is 0.0774 e. The van der Waals surface area contributed by atoms with Crippen LogP contribution in [-0.2, 0) is 0 Å². The predicted octanol–water partition coefficient (Wildman–Crippen LogP) is 6.26. The van der Waals surface area contributed by atoms with E-state index in [1.807, 2.05) is 0 Å². The van der Waals surface area contributed by atoms with Crippen LogP contribution >= 0.6 is 0 Å². The zero-order valence-corrected chi connectivity index (χ0v) is 20.8. The monoisotopic (exact) mass is 434 g/mol. The van der Waals surface area contributed by atoms with E-state index in [1.165, 1.54) is 63.4 Å². The predicted molar refractivity (Wildman–Crippen MR) is 129 cm³/mol. The molecule has 0 heterocycles. The van der Waals surface area contributed by atoms with Crippen LogP contribution in [0, 0.1) is 35.0 Å². The van der Waals surface area contributed by atoms with E-state index in [-0.39, 0.29) is 6.10 Å². The van der Waals surface area contributed by atoms with Gasteiger partial charge >= 0.3 is 0 Å². The minimum absolute atomic E-state index is 0.334. The molecule has 180 valence electrons. The average Bonchev–Trinajstić information content (AvgIpc) is 3.09. The van der Waals surface area contributed by atoms with E-state index in [0.717, 1.165) is 42.6 Å². The first-order valence-electron chi connectivity index (χ1n) is 13.5. The molecule has 2 fully saturated rings. The molecule has 3 heteroatoms. The number of hydrogen-bond acceptors (Lipinski definition) is 3. The summed E-state index contributed by atoms with van der Waals surface area (Å²) in [6.45, 7) is 9.78. The highest BCUT2D eigenvalue weighted by Crippen LogP contribution is 2.61. The summed E-state index contributed by atoms with van der Waals surface area (Å²) in [7, 11) is 0. The minimum Gasteiger partial charge on any atom is -0.396 e. The van der Waals surface area contributed by atoms with Crippen LogP contribution in [0.2, 0.25) is 0 Å². The van der Waals surface area contributed by atoms with Crippen LogP contribution in [0.4, 0.5) is 0 Å². The zero-order valence-electron chi connectivity index (χ0n) is 20.8. The van der Waals surface area contributed by atoms with Crippen molar-refractivity contribution in [3.8, 4) is 0 Å². The fourth-order valence-electron chi connectivity index (χ4n) is 8.08. The highest BCUT2D eigenvalue weighted by molar-refractivity contribution is 5.21. The van der Waals surface area contributed by atoms with E-state index < -0.39 is 6.10 Å². The molecule has 0 aromatic carbocycles. The lowest BCUT2D eigenvalue weighted by molar-refractivity contribution is 0.0101. The van der Waals surface area contributed by atoms with Gasteiger partial charge in [0.2, 0.25) is 0 Å². The van der Waals surface area contributed by atoms with Crippen molar-refractivity contribution < 1.29 is 15.3 Å². The summed E-state index contributed by atoms with van der Waals surface area (Å²) in [4.78, 5) is 0. The highest BCUT2D eigenvalue weighted by Gasteiger charge is 2.52. The van der Waals surface area contributed by atoms with E-state index in [1.54, 1.807) is 0 Å². The second-order valence-corrected chi connectivity index (χ2v) is 11.7. The molecule has 0 aromatic rings. The zero-order chi connectivity index (χ0) is 22.6. The number of aliphatic hydroxyl groups excluding tert-OH is 3. The maximum absolute atomic E-state index is 10.3. The fraction of sp³-hybridized carbons (Fsp3) is 0.929. The van der Waals surface area contributed by atoms with Crippen LogP contribution in [0.1, 0.15) is 111 Å². The Hall–Kier alpha value is -0.380. The molecule has 3 nitrogen and oxygen atoms in total. The summed E-state index contributed by atoms with van der Waals surface area (Å²) in [5.74, 6) is 3.80. The number of fused-ring (bicyclic) bond motifs is 1. The van der Waals surface area contributed by atoms with Crippen molar-refractivity contribution in [3.63, 3.8) is 0 Å². The Bertz CT molecular complexity index is 599. The van der Waals surface area contributed by atoms with Crippen LogP contribution in [0.5, 0.6) is 0 Å². The summed E-state index contributed by atoms with van der Waals surface area (Å²) >= 11 is 0. The molecule has 0 amide bonds. The summed E-state index contributed by atoms with van der Waals surface area (Å²) in [5, 5.41) is 30.1. The van der Waals surface area contributed by atoms with Gasteiger partial charge in [-0.1, -0.05) is 58.4 Å². The van der Waals surface area contributed by atoms with Gasteiger partial charge in [0.15, 0.2) is 0 Å². The molecular formula is C28H50O3. The molecule has 0 radical (unpaired) electrons. The molecule has 0 aliphatic heterocycles. The van der Waals surface area contributed by atoms with E-state index >= 15 is 0 Å². The number of hydrogen-bond donors (Lipinski definition) is 3. The Morgan fingerprint density at radius 1 is 1.13 bits per heavy atom. The average molecular weight is 435 g/mol. The summed E-state index contributed by atoms with van der Waals surface area (Å²) in [6.07, 6.45) is 14.3. The second-order valence-electron chi connectivity index (χ2n) is 11.7. The van der Waals surface area contributed by atoms with Crippen molar-refractivity contribution in [1.82, 2.24) is 0 Å². The molecule has 31 heavy (non-hydrogen) atoms. The van der Waals surface area contributed by atoms with E-state index in [4.69, 9.17) is 0 Å². The maximum Gasteiger partial charge on any atom is 0.0774 e. The van der Waals surface area contributed by atoms with Gasteiger partial charge < -0.3 is 15.3 Å². The molecule has 3 rings (SSSR count). The molecule has 0 bridgehead atoms. The van der Waals surface area contributed by atoms with Crippen molar-refractivity contribution >= 4 is 0 Å². The van der Waals surface area contributed by atoms with Crippen LogP contribution < -0.4 is 0 Å². The van der Waals surface area contributed by atoms with Crippen LogP contribution in [0.15, 0.2) is 11.1 Å². The van der Waals surface area contributed by atoms with Crippen LogP contribution in [0.25, 0.3) is 0 Å². The number of unbranched alkanes of at least 4 members (excludes halogenated alkanes) is 1. The quantitative estimate of drug-likeness (QED) is 0.356. The molecule has 3 aliphatic rings. The molecule has 3 aliphatic carbocycles. The van der Waals surface area contributed by atoms with Crippen molar-refractivity contribution in [2.75, 3.05) is 6.61 Å². The molecule has 3 N–H and O–H groups in total. The van der Waals surface area contributed by atoms with Crippen LogP contribution in [0.3, 0.4) is 0 Å². The van der Waals surface area contributed by atoms with Crippen molar-refractivity contribution in [2.45, 2.75) is 123 Å². The van der Waals surface area contributed by atoms with Gasteiger partial charge in [0.1, 0.15) is 0 Å². The molecule has 0 spiro atoms. The summed E-state index contributed by atoms with van der Waals surface area (Å²) in [6, 6.07) is 0. The first-order valence-corrected chi connectivity index (χ1v) is 13.5. The maximum atomic E-state index is 10.3. The molecule has 0 saturated heterocycles. The normalized spacial score (nSPS) is 38.2. The Morgan fingerprint density at radius 2 is 1.90 bits per heavy atom. The van der Waals surface area contributed by atoms with Gasteiger partial charge in [-0.2, -0.15) is 0 Å². The summed E-state index contributed by atoms with van der Waals surface area (Å²) in [5.41, 5.74) is 2.91. The Morgan fingerprint density at radius 3 is 2.61 bits per heavy atom. The number of rotatable bonds is 10. The van der Waals surface area contributed by atoms with Gasteiger partial charge in [0.05, 0.1) is 12.2 Å². The standard InChI is InChI=1S/C28H50O3/c1-5-6-8-21(14-16-29)19(2)25-12-13-26-22(9-7-15-28(25,26)4)10-11-23-17-24(30)18-27(31)20(23)3/h19,21-22,24-27,29-31H,5-18H2,1-4H3/t19-,21-,22?,24+,25+,26-,27-,28+/m0/s1.